The number of rotatable bonds is 1. The first-order chi connectivity index (χ1) is 4.24. The van der Waals surface area contributed by atoms with Gasteiger partial charge in [0.05, 0.1) is 7.11 Å². The van der Waals surface area contributed by atoms with Crippen LogP contribution in [0.15, 0.2) is 6.07 Å². The van der Waals surface area contributed by atoms with Gasteiger partial charge in [-0.15, -0.1) is 11.3 Å². The van der Waals surface area contributed by atoms with Gasteiger partial charge in [0.2, 0.25) is 0 Å². The Bertz CT molecular complexity index is 183. The third-order valence-corrected chi connectivity index (χ3v) is 2.46. The Morgan fingerprint density at radius 3 is 2.33 bits per heavy atom. The molecule has 0 aliphatic rings. The van der Waals surface area contributed by atoms with Crippen LogP contribution >= 0.6 is 11.3 Å². The van der Waals surface area contributed by atoms with Gasteiger partial charge >= 0.3 is 0 Å². The summed E-state index contributed by atoms with van der Waals surface area (Å²) in [7, 11) is 1.70. The summed E-state index contributed by atoms with van der Waals surface area (Å²) in [5.41, 5.74) is 1.32. The molecule has 0 aliphatic heterocycles. The molecular weight excluding hydrogens is 132 g/mol. The minimum atomic E-state index is 1.00. The third kappa shape index (κ3) is 1.24. The van der Waals surface area contributed by atoms with Gasteiger partial charge in [-0.3, -0.25) is 0 Å². The van der Waals surface area contributed by atoms with Crippen molar-refractivity contribution in [1.82, 2.24) is 0 Å². The van der Waals surface area contributed by atoms with Crippen molar-refractivity contribution in [2.45, 2.75) is 13.8 Å². The van der Waals surface area contributed by atoms with Crippen molar-refractivity contribution >= 4 is 11.3 Å². The van der Waals surface area contributed by atoms with Crippen LogP contribution in [0.2, 0.25) is 0 Å². The molecule has 0 bridgehead atoms. The van der Waals surface area contributed by atoms with Crippen molar-refractivity contribution in [3.63, 3.8) is 0 Å². The Morgan fingerprint density at radius 1 is 1.44 bits per heavy atom. The van der Waals surface area contributed by atoms with E-state index in [1.54, 1.807) is 18.4 Å². The number of ether oxygens (including phenoxy) is 1. The summed E-state index contributed by atoms with van der Waals surface area (Å²) in [6.07, 6.45) is 0. The summed E-state index contributed by atoms with van der Waals surface area (Å²) in [6, 6.07) is 2.06. The molecule has 0 N–H and O–H groups in total. The van der Waals surface area contributed by atoms with Crippen molar-refractivity contribution in [3.05, 3.63) is 16.5 Å². The Hall–Kier alpha value is -0.500. The number of hydrogen-bond donors (Lipinski definition) is 0. The second-order valence-electron chi connectivity index (χ2n) is 2.01. The summed E-state index contributed by atoms with van der Waals surface area (Å²) in [5, 5.41) is 1.00. The molecule has 0 atom stereocenters. The topological polar surface area (TPSA) is 9.23 Å². The third-order valence-electron chi connectivity index (χ3n) is 1.34. The molecule has 1 aromatic heterocycles. The van der Waals surface area contributed by atoms with E-state index in [0.29, 0.717) is 0 Å². The second-order valence-corrected chi connectivity index (χ2v) is 3.23. The molecule has 1 rings (SSSR count). The van der Waals surface area contributed by atoms with Crippen LogP contribution in [0.5, 0.6) is 5.06 Å². The number of methoxy groups -OCH3 is 1. The zero-order valence-electron chi connectivity index (χ0n) is 5.89. The largest absolute Gasteiger partial charge is 0.487 e. The van der Waals surface area contributed by atoms with E-state index in [-0.39, 0.29) is 0 Å². The van der Waals surface area contributed by atoms with Crippen LogP contribution in [-0.2, 0) is 0 Å². The highest BCUT2D eigenvalue weighted by Crippen LogP contribution is 2.26. The highest BCUT2D eigenvalue weighted by molar-refractivity contribution is 7.13. The van der Waals surface area contributed by atoms with Crippen LogP contribution in [0.25, 0.3) is 0 Å². The van der Waals surface area contributed by atoms with Crippen molar-refractivity contribution in [2.75, 3.05) is 7.11 Å². The van der Waals surface area contributed by atoms with Gasteiger partial charge in [0.15, 0.2) is 5.06 Å². The van der Waals surface area contributed by atoms with Gasteiger partial charge in [0.1, 0.15) is 0 Å². The molecule has 0 aliphatic carbocycles. The molecule has 0 unspecified atom stereocenters. The standard InChI is InChI=1S/C7H10OS/c1-5-4-7(8-3)9-6(5)2/h4H,1-3H3. The highest BCUT2D eigenvalue weighted by Gasteiger charge is 1.98. The molecule has 0 aromatic carbocycles. The molecule has 1 heterocycles. The molecule has 0 spiro atoms. The molecule has 2 heteroatoms. The Kier molecular flexibility index (Phi) is 1.76. The lowest BCUT2D eigenvalue weighted by molar-refractivity contribution is 0.427. The molecule has 1 aromatic rings. The predicted octanol–water partition coefficient (Wildman–Crippen LogP) is 2.37. The lowest BCUT2D eigenvalue weighted by atomic mass is 10.3. The van der Waals surface area contributed by atoms with Crippen LogP contribution in [0, 0.1) is 13.8 Å². The Morgan fingerprint density at radius 2 is 2.11 bits per heavy atom. The minimum Gasteiger partial charge on any atom is -0.487 e. The SMILES string of the molecule is COc1cc(C)c(C)s1. The second kappa shape index (κ2) is 2.40. The van der Waals surface area contributed by atoms with Gasteiger partial charge in [-0.25, -0.2) is 0 Å². The van der Waals surface area contributed by atoms with Gasteiger partial charge in [0.25, 0.3) is 0 Å². The predicted molar refractivity (Wildman–Crippen MR) is 40.3 cm³/mol. The zero-order chi connectivity index (χ0) is 6.85. The average molecular weight is 142 g/mol. The molecular formula is C7H10OS. The Labute approximate surface area is 59.3 Å². The summed E-state index contributed by atoms with van der Waals surface area (Å²) in [5.74, 6) is 0. The van der Waals surface area contributed by atoms with Crippen LogP contribution in [0.4, 0.5) is 0 Å². The fraction of sp³-hybridized carbons (Fsp3) is 0.429. The molecule has 9 heavy (non-hydrogen) atoms. The average Bonchev–Trinajstić information content (AvgIpc) is 2.13. The fourth-order valence-corrected chi connectivity index (χ4v) is 1.48. The van der Waals surface area contributed by atoms with Gasteiger partial charge in [-0.1, -0.05) is 0 Å². The fourth-order valence-electron chi connectivity index (χ4n) is 0.640. The number of thiophene rings is 1. The first kappa shape index (κ1) is 6.62. The zero-order valence-corrected chi connectivity index (χ0v) is 6.71. The van der Waals surface area contributed by atoms with Crippen LogP contribution in [0.3, 0.4) is 0 Å². The molecule has 0 saturated carbocycles. The highest BCUT2D eigenvalue weighted by atomic mass is 32.1. The molecule has 50 valence electrons. The summed E-state index contributed by atoms with van der Waals surface area (Å²) >= 11 is 1.69. The van der Waals surface area contributed by atoms with E-state index in [1.165, 1.54) is 10.4 Å². The maximum Gasteiger partial charge on any atom is 0.173 e. The lowest BCUT2D eigenvalue weighted by Crippen LogP contribution is -1.73. The van der Waals surface area contributed by atoms with E-state index in [4.69, 9.17) is 4.74 Å². The van der Waals surface area contributed by atoms with Crippen LogP contribution in [-0.4, -0.2) is 7.11 Å². The molecule has 0 fully saturated rings. The van der Waals surface area contributed by atoms with E-state index in [1.807, 2.05) is 0 Å². The van der Waals surface area contributed by atoms with Crippen molar-refractivity contribution in [3.8, 4) is 5.06 Å². The maximum absolute atomic E-state index is 5.03. The summed E-state index contributed by atoms with van der Waals surface area (Å²) in [6.45, 7) is 4.19. The van der Waals surface area contributed by atoms with Gasteiger partial charge in [-0.05, 0) is 25.5 Å². The maximum atomic E-state index is 5.03. The number of aryl methyl sites for hydroxylation is 2. The van der Waals surface area contributed by atoms with Gasteiger partial charge < -0.3 is 4.74 Å². The smallest absolute Gasteiger partial charge is 0.173 e. The summed E-state index contributed by atoms with van der Waals surface area (Å²) < 4.78 is 5.03. The molecule has 1 nitrogen and oxygen atoms in total. The normalized spacial score (nSPS) is 9.67. The van der Waals surface area contributed by atoms with E-state index in [9.17, 15) is 0 Å². The minimum absolute atomic E-state index is 1.00. The van der Waals surface area contributed by atoms with Crippen LogP contribution in [0.1, 0.15) is 10.4 Å². The van der Waals surface area contributed by atoms with E-state index < -0.39 is 0 Å². The summed E-state index contributed by atoms with van der Waals surface area (Å²) in [4.78, 5) is 1.34. The Balaban J connectivity index is 2.98. The van der Waals surface area contributed by atoms with Crippen molar-refractivity contribution in [1.29, 1.82) is 0 Å². The monoisotopic (exact) mass is 142 g/mol. The molecule has 0 radical (unpaired) electrons. The molecule has 0 amide bonds. The number of hydrogen-bond acceptors (Lipinski definition) is 2. The first-order valence-corrected chi connectivity index (χ1v) is 3.66. The van der Waals surface area contributed by atoms with Gasteiger partial charge in [0, 0.05) is 4.88 Å². The lowest BCUT2D eigenvalue weighted by Gasteiger charge is -1.87. The van der Waals surface area contributed by atoms with Crippen LogP contribution < -0.4 is 4.74 Å². The van der Waals surface area contributed by atoms with E-state index >= 15 is 0 Å². The van der Waals surface area contributed by atoms with Crippen molar-refractivity contribution < 1.29 is 4.74 Å². The quantitative estimate of drug-likeness (QED) is 0.585. The first-order valence-electron chi connectivity index (χ1n) is 2.85. The van der Waals surface area contributed by atoms with Gasteiger partial charge in [-0.2, -0.15) is 0 Å². The van der Waals surface area contributed by atoms with E-state index in [0.717, 1.165) is 5.06 Å². The molecule has 0 saturated heterocycles. The van der Waals surface area contributed by atoms with E-state index in [2.05, 4.69) is 19.9 Å². The van der Waals surface area contributed by atoms with Crippen molar-refractivity contribution in [2.24, 2.45) is 0 Å².